The summed E-state index contributed by atoms with van der Waals surface area (Å²) in [6.07, 6.45) is 2.66. The number of rotatable bonds is 2. The topological polar surface area (TPSA) is 69.2 Å². The van der Waals surface area contributed by atoms with E-state index >= 15 is 0 Å². The molecule has 1 aliphatic rings. The van der Waals surface area contributed by atoms with E-state index in [1.165, 1.54) is 18.3 Å². The molecule has 0 atom stereocenters. The van der Waals surface area contributed by atoms with Crippen LogP contribution >= 0.6 is 11.3 Å². The molecule has 1 aliphatic carbocycles. The Hall–Kier alpha value is -1.36. The number of carboxylic acids is 1. The molecule has 2 rings (SSSR count). The third kappa shape index (κ3) is 1.74. The molecule has 0 saturated heterocycles. The minimum absolute atomic E-state index is 0.183. The van der Waals surface area contributed by atoms with Gasteiger partial charge in [0.25, 0.3) is 0 Å². The van der Waals surface area contributed by atoms with E-state index in [2.05, 4.69) is 5.32 Å². The average molecular weight is 224 g/mol. The number of thiophene rings is 1. The Morgan fingerprint density at radius 2 is 2.13 bits per heavy atom. The van der Waals surface area contributed by atoms with E-state index in [4.69, 9.17) is 0 Å². The first-order chi connectivity index (χ1) is 7.09. The van der Waals surface area contributed by atoms with Gasteiger partial charge in [-0.25, -0.2) is 0 Å². The number of carboxylic acid groups (broad SMARTS) is 1. The van der Waals surface area contributed by atoms with Crippen LogP contribution < -0.4 is 10.4 Å². The smallest absolute Gasteiger partial charge is 0.221 e. The van der Waals surface area contributed by atoms with Gasteiger partial charge in [0.15, 0.2) is 0 Å². The quantitative estimate of drug-likeness (QED) is 0.798. The number of aromatic carboxylic acids is 1. The summed E-state index contributed by atoms with van der Waals surface area (Å²) in [6.45, 7) is 1.36. The average Bonchev–Trinajstić information content (AvgIpc) is 2.60. The Morgan fingerprint density at radius 1 is 1.40 bits per heavy atom. The van der Waals surface area contributed by atoms with Crippen LogP contribution in [0.3, 0.4) is 0 Å². The van der Waals surface area contributed by atoms with E-state index in [1.54, 1.807) is 0 Å². The minimum Gasteiger partial charge on any atom is -0.545 e. The maximum atomic E-state index is 11.0. The second-order valence-electron chi connectivity index (χ2n) is 3.53. The van der Waals surface area contributed by atoms with Gasteiger partial charge in [-0.15, -0.1) is 11.3 Å². The van der Waals surface area contributed by atoms with Gasteiger partial charge < -0.3 is 15.2 Å². The number of hydrogen-bond donors (Lipinski definition) is 1. The zero-order chi connectivity index (χ0) is 11.0. The maximum Gasteiger partial charge on any atom is 0.221 e. The van der Waals surface area contributed by atoms with Crippen molar-refractivity contribution in [3.05, 3.63) is 16.0 Å². The summed E-state index contributed by atoms with van der Waals surface area (Å²) in [5, 5.41) is 13.9. The number of carbonyl (C=O) groups excluding carboxylic acids is 2. The zero-order valence-electron chi connectivity index (χ0n) is 8.25. The first-order valence-electron chi connectivity index (χ1n) is 4.73. The molecule has 0 unspecified atom stereocenters. The van der Waals surface area contributed by atoms with Crippen molar-refractivity contribution in [2.75, 3.05) is 5.32 Å². The van der Waals surface area contributed by atoms with Crippen molar-refractivity contribution in [2.45, 2.75) is 26.2 Å². The third-order valence-corrected chi connectivity index (χ3v) is 3.62. The van der Waals surface area contributed by atoms with Gasteiger partial charge >= 0.3 is 0 Å². The van der Waals surface area contributed by atoms with Gasteiger partial charge in [0.2, 0.25) is 5.91 Å². The molecule has 0 spiro atoms. The highest BCUT2D eigenvalue weighted by Gasteiger charge is 2.22. The van der Waals surface area contributed by atoms with E-state index in [0.717, 1.165) is 29.7 Å². The Bertz CT molecular complexity index is 436. The molecule has 15 heavy (non-hydrogen) atoms. The molecule has 80 valence electrons. The second-order valence-corrected chi connectivity index (χ2v) is 4.64. The fraction of sp³-hybridized carbons (Fsp3) is 0.400. The molecule has 0 saturated carbocycles. The van der Waals surface area contributed by atoms with Gasteiger partial charge in [0.1, 0.15) is 5.00 Å². The fourth-order valence-electron chi connectivity index (χ4n) is 1.87. The molecular weight excluding hydrogens is 214 g/mol. The molecule has 0 aromatic carbocycles. The normalized spacial score (nSPS) is 13.7. The van der Waals surface area contributed by atoms with E-state index < -0.39 is 5.97 Å². The fourth-order valence-corrected chi connectivity index (χ4v) is 3.19. The summed E-state index contributed by atoms with van der Waals surface area (Å²) in [5.74, 6) is -1.45. The van der Waals surface area contributed by atoms with Gasteiger partial charge in [0.05, 0.1) is 5.97 Å². The highest BCUT2D eigenvalue weighted by molar-refractivity contribution is 7.17. The summed E-state index contributed by atoms with van der Waals surface area (Å²) in [5.41, 5.74) is 1.03. The van der Waals surface area contributed by atoms with Crippen LogP contribution in [0, 0.1) is 0 Å². The molecule has 0 radical (unpaired) electrons. The monoisotopic (exact) mass is 224 g/mol. The molecule has 1 N–H and O–H groups in total. The van der Waals surface area contributed by atoms with Crippen LogP contribution in [0.25, 0.3) is 0 Å². The molecule has 1 aromatic heterocycles. The first kappa shape index (κ1) is 10.2. The van der Waals surface area contributed by atoms with Gasteiger partial charge in [-0.1, -0.05) is 0 Å². The van der Waals surface area contributed by atoms with Gasteiger partial charge in [0, 0.05) is 17.4 Å². The molecule has 5 heteroatoms. The van der Waals surface area contributed by atoms with Crippen molar-refractivity contribution in [2.24, 2.45) is 0 Å². The Kier molecular flexibility index (Phi) is 2.48. The van der Waals surface area contributed by atoms with Crippen molar-refractivity contribution >= 4 is 28.2 Å². The molecule has 0 aliphatic heterocycles. The first-order valence-corrected chi connectivity index (χ1v) is 5.54. The lowest BCUT2D eigenvalue weighted by Gasteiger charge is -2.07. The number of fused-ring (bicyclic) bond motifs is 1. The number of carbonyl (C=O) groups is 2. The SMILES string of the molecule is CC(=O)Nc1sc2c(c1C(=O)[O-])CCC2. The van der Waals surface area contributed by atoms with Gasteiger partial charge in [-0.3, -0.25) is 4.79 Å². The Balaban J connectivity index is 2.46. The van der Waals surface area contributed by atoms with Crippen LogP contribution in [0.15, 0.2) is 0 Å². The predicted molar refractivity (Wildman–Crippen MR) is 55.0 cm³/mol. The van der Waals surface area contributed by atoms with Crippen LogP contribution in [0.1, 0.15) is 34.1 Å². The summed E-state index contributed by atoms with van der Waals surface area (Å²) >= 11 is 1.35. The standard InChI is InChI=1S/C10H11NO3S/c1-5(12)11-9-8(10(13)14)6-3-2-4-7(6)15-9/h2-4H2,1H3,(H,11,12)(H,13,14)/p-1. The highest BCUT2D eigenvalue weighted by Crippen LogP contribution is 2.38. The van der Waals surface area contributed by atoms with Crippen molar-refractivity contribution in [3.8, 4) is 0 Å². The number of anilines is 1. The van der Waals surface area contributed by atoms with Crippen LogP contribution in [0.2, 0.25) is 0 Å². The van der Waals surface area contributed by atoms with Gasteiger partial charge in [-0.2, -0.15) is 0 Å². The lowest BCUT2D eigenvalue weighted by Crippen LogP contribution is -2.24. The maximum absolute atomic E-state index is 11.0. The van der Waals surface area contributed by atoms with E-state index in [9.17, 15) is 14.7 Å². The van der Waals surface area contributed by atoms with E-state index in [0.29, 0.717) is 5.00 Å². The molecular formula is C10H10NO3S-. The van der Waals surface area contributed by atoms with E-state index in [-0.39, 0.29) is 11.5 Å². The number of hydrogen-bond acceptors (Lipinski definition) is 4. The molecule has 0 fully saturated rings. The van der Waals surface area contributed by atoms with Crippen molar-refractivity contribution in [1.82, 2.24) is 0 Å². The minimum atomic E-state index is -1.20. The lowest BCUT2D eigenvalue weighted by atomic mass is 10.1. The third-order valence-electron chi connectivity index (χ3n) is 2.41. The molecule has 1 amide bonds. The van der Waals surface area contributed by atoms with Crippen molar-refractivity contribution in [3.63, 3.8) is 0 Å². The van der Waals surface area contributed by atoms with Crippen LogP contribution in [0.5, 0.6) is 0 Å². The predicted octanol–water partition coefficient (Wildman–Crippen LogP) is 0.559. The van der Waals surface area contributed by atoms with Crippen molar-refractivity contribution < 1.29 is 14.7 Å². The Labute approximate surface area is 90.9 Å². The van der Waals surface area contributed by atoms with Crippen LogP contribution in [-0.2, 0) is 17.6 Å². The molecule has 1 aromatic rings. The van der Waals surface area contributed by atoms with Crippen LogP contribution in [0.4, 0.5) is 5.00 Å². The van der Waals surface area contributed by atoms with Gasteiger partial charge in [-0.05, 0) is 24.8 Å². The lowest BCUT2D eigenvalue weighted by molar-refractivity contribution is -0.254. The zero-order valence-corrected chi connectivity index (χ0v) is 9.07. The summed E-state index contributed by atoms with van der Waals surface area (Å²) in [6, 6.07) is 0. The number of nitrogens with one attached hydrogen (secondary N) is 1. The Morgan fingerprint density at radius 3 is 2.73 bits per heavy atom. The summed E-state index contributed by atoms with van der Waals surface area (Å²) < 4.78 is 0. The highest BCUT2D eigenvalue weighted by atomic mass is 32.1. The summed E-state index contributed by atoms with van der Waals surface area (Å²) in [4.78, 5) is 22.9. The largest absolute Gasteiger partial charge is 0.545 e. The molecule has 1 heterocycles. The molecule has 4 nitrogen and oxygen atoms in total. The van der Waals surface area contributed by atoms with Crippen molar-refractivity contribution in [1.29, 1.82) is 0 Å². The second kappa shape index (κ2) is 3.66. The number of aryl methyl sites for hydroxylation is 1. The summed E-state index contributed by atoms with van der Waals surface area (Å²) in [7, 11) is 0. The molecule has 0 bridgehead atoms. The van der Waals surface area contributed by atoms with E-state index in [1.807, 2.05) is 0 Å². The van der Waals surface area contributed by atoms with Crippen LogP contribution in [-0.4, -0.2) is 11.9 Å². The number of amides is 1.